The molecule has 2 fully saturated rings. The van der Waals surface area contributed by atoms with Gasteiger partial charge < -0.3 is 19.6 Å². The minimum Gasteiger partial charge on any atom is -0.478 e. The number of rotatable bonds is 5. The largest absolute Gasteiger partial charge is 0.478 e. The summed E-state index contributed by atoms with van der Waals surface area (Å²) in [6.45, 7) is 4.26. The molecular weight excluding hydrogens is 444 g/mol. The van der Waals surface area contributed by atoms with Gasteiger partial charge in [-0.1, -0.05) is 12.1 Å². The lowest BCUT2D eigenvalue weighted by atomic mass is 10.1. The van der Waals surface area contributed by atoms with E-state index in [1.54, 1.807) is 18.5 Å². The van der Waals surface area contributed by atoms with Crippen LogP contribution in [0.2, 0.25) is 0 Å². The number of aliphatic hydroxyl groups excluding tert-OH is 1. The number of fused-ring (bicyclic) bond motifs is 3. The number of anilines is 1. The fourth-order valence-corrected chi connectivity index (χ4v) is 5.16. The Bertz CT molecular complexity index is 1280. The summed E-state index contributed by atoms with van der Waals surface area (Å²) in [5.74, 6) is 1.52. The number of para-hydroxylation sites is 1. The quantitative estimate of drug-likeness (QED) is 0.610. The van der Waals surface area contributed by atoms with Gasteiger partial charge in [0.05, 0.1) is 29.4 Å². The summed E-state index contributed by atoms with van der Waals surface area (Å²) in [5, 5.41) is 11.0. The van der Waals surface area contributed by atoms with Crippen molar-refractivity contribution in [2.75, 3.05) is 44.4 Å². The van der Waals surface area contributed by atoms with Crippen LogP contribution >= 0.6 is 0 Å². The van der Waals surface area contributed by atoms with E-state index in [1.807, 2.05) is 29.3 Å². The molecule has 3 aromatic rings. The molecular formula is C26H28N6O3. The van der Waals surface area contributed by atoms with Gasteiger partial charge in [-0.2, -0.15) is 0 Å². The number of aliphatic imine (C=N–C) groups is 1. The highest BCUT2D eigenvalue weighted by molar-refractivity contribution is 6.03. The molecule has 4 heterocycles. The van der Waals surface area contributed by atoms with Gasteiger partial charge >= 0.3 is 0 Å². The summed E-state index contributed by atoms with van der Waals surface area (Å²) in [4.78, 5) is 32.9. The molecule has 2 saturated heterocycles. The molecule has 1 atom stereocenters. The Hall–Kier alpha value is -3.56. The van der Waals surface area contributed by atoms with E-state index in [9.17, 15) is 9.90 Å². The van der Waals surface area contributed by atoms with Crippen molar-refractivity contribution < 1.29 is 14.6 Å². The molecule has 1 aromatic heterocycles. The van der Waals surface area contributed by atoms with Crippen LogP contribution in [-0.4, -0.2) is 82.5 Å². The predicted molar refractivity (Wildman–Crippen MR) is 133 cm³/mol. The Morgan fingerprint density at radius 2 is 1.91 bits per heavy atom. The number of piperazine rings is 1. The van der Waals surface area contributed by atoms with Crippen LogP contribution < -0.4 is 9.64 Å². The average Bonchev–Trinajstić information content (AvgIpc) is 3.34. The van der Waals surface area contributed by atoms with Crippen molar-refractivity contribution in [2.45, 2.75) is 25.5 Å². The Morgan fingerprint density at radius 3 is 2.77 bits per heavy atom. The molecule has 0 radical (unpaired) electrons. The zero-order valence-corrected chi connectivity index (χ0v) is 19.5. The second-order valence-electron chi connectivity index (χ2n) is 9.21. The third kappa shape index (κ3) is 4.11. The number of hydrogen-bond donors (Lipinski definition) is 1. The number of benzene rings is 2. The lowest BCUT2D eigenvalue weighted by Crippen LogP contribution is -2.48. The molecule has 6 rings (SSSR count). The number of ether oxygens (including phenoxy) is 1. The number of aliphatic hydroxyl groups is 1. The van der Waals surface area contributed by atoms with Gasteiger partial charge in [0, 0.05) is 56.0 Å². The molecule has 0 spiro atoms. The highest BCUT2D eigenvalue weighted by Crippen LogP contribution is 2.34. The van der Waals surface area contributed by atoms with Crippen LogP contribution in [0, 0.1) is 0 Å². The van der Waals surface area contributed by atoms with E-state index in [0.29, 0.717) is 29.3 Å². The normalized spacial score (nSPS) is 20.1. The monoisotopic (exact) mass is 472 g/mol. The molecule has 0 unspecified atom stereocenters. The van der Waals surface area contributed by atoms with Crippen molar-refractivity contribution in [1.29, 1.82) is 0 Å². The topological polar surface area (TPSA) is 94.4 Å². The standard InChI is InChI=1S/C26H28N6O3/c33-15-18-12-21-23(27-14-19-4-3-7-32(19)26(21)34)13-24(18)35-17-30-8-10-31(11-9-30)25-20-5-1-2-6-22(20)28-16-29-25/h1-2,5-6,12-14,16,19,33H,3-4,7-11,15,17H2/t19-/m0/s1. The van der Waals surface area contributed by atoms with E-state index in [-0.39, 0.29) is 18.6 Å². The first-order chi connectivity index (χ1) is 17.2. The van der Waals surface area contributed by atoms with Gasteiger partial charge in [-0.15, -0.1) is 0 Å². The smallest absolute Gasteiger partial charge is 0.256 e. The minimum atomic E-state index is -0.197. The summed E-state index contributed by atoms with van der Waals surface area (Å²) < 4.78 is 6.14. The van der Waals surface area contributed by atoms with E-state index in [4.69, 9.17) is 4.74 Å². The van der Waals surface area contributed by atoms with Crippen LogP contribution in [0.15, 0.2) is 47.7 Å². The Labute approximate surface area is 203 Å². The molecule has 9 nitrogen and oxygen atoms in total. The maximum Gasteiger partial charge on any atom is 0.256 e. The lowest BCUT2D eigenvalue weighted by Gasteiger charge is -2.35. The van der Waals surface area contributed by atoms with E-state index in [2.05, 4.69) is 30.8 Å². The first-order valence-electron chi connectivity index (χ1n) is 12.1. The highest BCUT2D eigenvalue weighted by Gasteiger charge is 2.32. The van der Waals surface area contributed by atoms with Crippen molar-refractivity contribution >= 4 is 34.5 Å². The molecule has 180 valence electrons. The van der Waals surface area contributed by atoms with Crippen molar-refractivity contribution in [2.24, 2.45) is 4.99 Å². The summed E-state index contributed by atoms with van der Waals surface area (Å²) in [7, 11) is 0. The maximum atomic E-state index is 13.0. The van der Waals surface area contributed by atoms with Gasteiger partial charge in [-0.25, -0.2) is 9.97 Å². The Kier molecular flexibility index (Phi) is 5.79. The number of nitrogens with zero attached hydrogens (tertiary/aromatic N) is 6. The fraction of sp³-hybridized carbons (Fsp3) is 0.385. The second-order valence-corrected chi connectivity index (χ2v) is 9.21. The molecule has 3 aliphatic heterocycles. The zero-order valence-electron chi connectivity index (χ0n) is 19.5. The SMILES string of the molecule is O=C1c2cc(CO)c(OCN3CCN(c4ncnc5ccccc45)CC3)cc2N=C[C@@H]2CCCN12. The van der Waals surface area contributed by atoms with E-state index >= 15 is 0 Å². The summed E-state index contributed by atoms with van der Waals surface area (Å²) in [5.41, 5.74) is 2.70. The van der Waals surface area contributed by atoms with Crippen LogP contribution in [-0.2, 0) is 6.61 Å². The van der Waals surface area contributed by atoms with Crippen LogP contribution in [0.1, 0.15) is 28.8 Å². The molecule has 9 heteroatoms. The molecule has 1 N–H and O–H groups in total. The minimum absolute atomic E-state index is 0.0189. The number of aromatic nitrogens is 2. The summed E-state index contributed by atoms with van der Waals surface area (Å²) >= 11 is 0. The van der Waals surface area contributed by atoms with Crippen molar-refractivity contribution in [3.63, 3.8) is 0 Å². The lowest BCUT2D eigenvalue weighted by molar-refractivity contribution is 0.0774. The second kappa shape index (κ2) is 9.24. The fourth-order valence-electron chi connectivity index (χ4n) is 5.16. The number of amides is 1. The molecule has 0 aliphatic carbocycles. The Balaban J connectivity index is 1.14. The van der Waals surface area contributed by atoms with Crippen molar-refractivity contribution in [3.05, 3.63) is 53.9 Å². The van der Waals surface area contributed by atoms with Crippen molar-refractivity contribution in [3.8, 4) is 5.75 Å². The van der Waals surface area contributed by atoms with Gasteiger partial charge in [-0.3, -0.25) is 14.7 Å². The van der Waals surface area contributed by atoms with E-state index < -0.39 is 0 Å². The predicted octanol–water partition coefficient (Wildman–Crippen LogP) is 2.60. The number of carbonyl (C=O) groups excluding carboxylic acids is 1. The molecule has 1 amide bonds. The first-order valence-corrected chi connectivity index (χ1v) is 12.1. The average molecular weight is 473 g/mol. The third-order valence-corrected chi connectivity index (χ3v) is 7.12. The van der Waals surface area contributed by atoms with Crippen molar-refractivity contribution in [1.82, 2.24) is 19.8 Å². The summed E-state index contributed by atoms with van der Waals surface area (Å²) in [6.07, 6.45) is 5.43. The van der Waals surface area contributed by atoms with Crippen LogP contribution in [0.25, 0.3) is 10.9 Å². The van der Waals surface area contributed by atoms with Crippen LogP contribution in [0.5, 0.6) is 5.75 Å². The molecule has 0 saturated carbocycles. The number of hydrogen-bond acceptors (Lipinski definition) is 8. The third-order valence-electron chi connectivity index (χ3n) is 7.12. The van der Waals surface area contributed by atoms with Gasteiger partial charge in [0.15, 0.2) is 0 Å². The Morgan fingerprint density at radius 1 is 1.06 bits per heavy atom. The molecule has 35 heavy (non-hydrogen) atoms. The number of carbonyl (C=O) groups is 1. The zero-order chi connectivity index (χ0) is 23.8. The van der Waals surface area contributed by atoms with Gasteiger partial charge in [-0.05, 0) is 31.0 Å². The van der Waals surface area contributed by atoms with E-state index in [0.717, 1.165) is 62.3 Å². The van der Waals surface area contributed by atoms with Gasteiger partial charge in [0.2, 0.25) is 0 Å². The van der Waals surface area contributed by atoms with E-state index in [1.165, 1.54) is 0 Å². The highest BCUT2D eigenvalue weighted by atomic mass is 16.5. The first kappa shape index (κ1) is 21.9. The van der Waals surface area contributed by atoms with Gasteiger partial charge in [0.25, 0.3) is 5.91 Å². The van der Waals surface area contributed by atoms with Crippen LogP contribution in [0.3, 0.4) is 0 Å². The molecule has 2 aromatic carbocycles. The van der Waals surface area contributed by atoms with Crippen LogP contribution in [0.4, 0.5) is 11.5 Å². The van der Waals surface area contributed by atoms with Gasteiger partial charge in [0.1, 0.15) is 24.6 Å². The molecule has 0 bridgehead atoms. The maximum absolute atomic E-state index is 13.0. The molecule has 3 aliphatic rings. The summed E-state index contributed by atoms with van der Waals surface area (Å²) in [6, 6.07) is 11.7.